The van der Waals surface area contributed by atoms with Crippen LogP contribution >= 0.6 is 22.9 Å². The fourth-order valence-electron chi connectivity index (χ4n) is 3.65. The van der Waals surface area contributed by atoms with E-state index < -0.39 is 15.7 Å². The third kappa shape index (κ3) is 4.83. The number of nitrogens with zero attached hydrogens (tertiary/aromatic N) is 4. The predicted molar refractivity (Wildman–Crippen MR) is 142 cm³/mol. The molecule has 8 nitrogen and oxygen atoms in total. The molecule has 182 valence electrons. The van der Waals surface area contributed by atoms with E-state index in [4.69, 9.17) is 11.6 Å². The Morgan fingerprint density at radius 3 is 2.47 bits per heavy atom. The van der Waals surface area contributed by atoms with Gasteiger partial charge in [0.25, 0.3) is 5.91 Å². The first-order valence-electron chi connectivity index (χ1n) is 10.8. The summed E-state index contributed by atoms with van der Waals surface area (Å²) in [6.07, 6.45) is 2.92. The maximum atomic E-state index is 13.0. The van der Waals surface area contributed by atoms with Crippen molar-refractivity contribution in [3.05, 3.63) is 89.7 Å². The number of amides is 1. The Morgan fingerprint density at radius 1 is 0.972 bits per heavy atom. The van der Waals surface area contributed by atoms with Gasteiger partial charge in [0.2, 0.25) is 0 Å². The molecule has 36 heavy (non-hydrogen) atoms. The quantitative estimate of drug-likeness (QED) is 0.316. The molecule has 0 unspecified atom stereocenters. The summed E-state index contributed by atoms with van der Waals surface area (Å²) in [5, 5.41) is 12.0. The molecular weight excluding hydrogens is 518 g/mol. The standard InChI is InChI=1S/C25H20ClN5O3S2/c1-30-13-12-24(29-30)27-25(32)19-15-21(31(28-19)20-9-4-3-8-18(20)26)23-11-10-22(35-23)16-6-5-7-17(14-16)36(2,33)34/h3-15H,1-2H3,(H,27,29,32). The fraction of sp³-hybridized carbons (Fsp3) is 0.0800. The zero-order valence-electron chi connectivity index (χ0n) is 19.2. The highest BCUT2D eigenvalue weighted by Gasteiger charge is 2.20. The maximum absolute atomic E-state index is 13.0. The summed E-state index contributed by atoms with van der Waals surface area (Å²) < 4.78 is 27.3. The van der Waals surface area contributed by atoms with Crippen molar-refractivity contribution in [3.63, 3.8) is 0 Å². The largest absolute Gasteiger partial charge is 0.304 e. The Bertz CT molecular complexity index is 1700. The third-order valence-electron chi connectivity index (χ3n) is 5.38. The number of aryl methyl sites for hydroxylation is 1. The number of sulfone groups is 1. The minimum absolute atomic E-state index is 0.199. The lowest BCUT2D eigenvalue weighted by Crippen LogP contribution is -2.13. The first-order valence-corrected chi connectivity index (χ1v) is 13.8. The number of rotatable bonds is 6. The summed E-state index contributed by atoms with van der Waals surface area (Å²) in [4.78, 5) is 14.9. The Hall–Kier alpha value is -3.73. The summed E-state index contributed by atoms with van der Waals surface area (Å²) in [6.45, 7) is 0. The van der Waals surface area contributed by atoms with Gasteiger partial charge in [-0.05, 0) is 48.0 Å². The minimum Gasteiger partial charge on any atom is -0.304 e. The Morgan fingerprint density at radius 2 is 1.75 bits per heavy atom. The lowest BCUT2D eigenvalue weighted by atomic mass is 10.2. The molecule has 3 aromatic heterocycles. The van der Waals surface area contributed by atoms with Crippen molar-refractivity contribution in [2.75, 3.05) is 11.6 Å². The van der Waals surface area contributed by atoms with Crippen molar-refractivity contribution in [2.45, 2.75) is 4.90 Å². The molecule has 0 aliphatic heterocycles. The van der Waals surface area contributed by atoms with Crippen molar-refractivity contribution >= 4 is 44.5 Å². The molecule has 0 saturated carbocycles. The van der Waals surface area contributed by atoms with Gasteiger partial charge in [0, 0.05) is 30.4 Å². The summed E-state index contributed by atoms with van der Waals surface area (Å²) in [5.41, 5.74) is 2.28. The summed E-state index contributed by atoms with van der Waals surface area (Å²) in [5.74, 6) is 0.0129. The molecule has 0 saturated heterocycles. The third-order valence-corrected chi connectivity index (χ3v) is 7.97. The van der Waals surface area contributed by atoms with Crippen molar-refractivity contribution in [2.24, 2.45) is 7.05 Å². The molecule has 3 heterocycles. The van der Waals surface area contributed by atoms with Crippen LogP contribution in [0.3, 0.4) is 0 Å². The van der Waals surface area contributed by atoms with E-state index in [1.807, 2.05) is 36.4 Å². The van der Waals surface area contributed by atoms with E-state index in [0.717, 1.165) is 15.3 Å². The predicted octanol–water partition coefficient (Wildman–Crippen LogP) is 5.31. The van der Waals surface area contributed by atoms with Gasteiger partial charge in [-0.1, -0.05) is 35.9 Å². The minimum atomic E-state index is -3.33. The van der Waals surface area contributed by atoms with E-state index in [-0.39, 0.29) is 10.6 Å². The number of para-hydroxylation sites is 1. The van der Waals surface area contributed by atoms with Gasteiger partial charge in [0.15, 0.2) is 21.3 Å². The van der Waals surface area contributed by atoms with Gasteiger partial charge in [0.05, 0.1) is 26.2 Å². The maximum Gasteiger partial charge on any atom is 0.277 e. The first kappa shape index (κ1) is 24.0. The number of carbonyl (C=O) groups is 1. The van der Waals surface area contributed by atoms with E-state index in [1.54, 1.807) is 59.0 Å². The van der Waals surface area contributed by atoms with E-state index in [9.17, 15) is 13.2 Å². The van der Waals surface area contributed by atoms with Crippen LogP contribution in [0.15, 0.2) is 83.9 Å². The number of hydrogen-bond acceptors (Lipinski definition) is 6. The number of carbonyl (C=O) groups excluding carboxylic acids is 1. The molecule has 1 amide bonds. The number of hydrogen-bond donors (Lipinski definition) is 1. The molecule has 5 rings (SSSR count). The van der Waals surface area contributed by atoms with Crippen LogP contribution in [0.25, 0.3) is 26.7 Å². The molecule has 1 N–H and O–H groups in total. The van der Waals surface area contributed by atoms with E-state index in [2.05, 4.69) is 15.5 Å². The lowest BCUT2D eigenvalue weighted by Gasteiger charge is -2.08. The van der Waals surface area contributed by atoms with Gasteiger partial charge in [-0.3, -0.25) is 9.48 Å². The number of nitrogens with one attached hydrogen (secondary N) is 1. The van der Waals surface area contributed by atoms with Crippen molar-refractivity contribution in [1.29, 1.82) is 0 Å². The van der Waals surface area contributed by atoms with E-state index in [0.29, 0.717) is 22.2 Å². The van der Waals surface area contributed by atoms with Gasteiger partial charge in [-0.15, -0.1) is 11.3 Å². The zero-order valence-corrected chi connectivity index (χ0v) is 21.6. The average molecular weight is 538 g/mol. The van der Waals surface area contributed by atoms with Crippen LogP contribution in [0.5, 0.6) is 0 Å². The van der Waals surface area contributed by atoms with Crippen LogP contribution in [0.4, 0.5) is 5.82 Å². The number of anilines is 1. The summed E-state index contributed by atoms with van der Waals surface area (Å²) >= 11 is 7.93. The number of thiophene rings is 1. The van der Waals surface area contributed by atoms with Gasteiger partial charge in [0.1, 0.15) is 0 Å². The highest BCUT2D eigenvalue weighted by atomic mass is 35.5. The van der Waals surface area contributed by atoms with Crippen molar-refractivity contribution in [3.8, 4) is 26.7 Å². The molecule has 0 radical (unpaired) electrons. The topological polar surface area (TPSA) is 98.9 Å². The smallest absolute Gasteiger partial charge is 0.277 e. The Labute approximate surface area is 216 Å². The second-order valence-corrected chi connectivity index (χ2v) is 11.6. The molecule has 11 heteroatoms. The molecule has 0 spiro atoms. The van der Waals surface area contributed by atoms with Crippen LogP contribution in [-0.4, -0.2) is 40.1 Å². The lowest BCUT2D eigenvalue weighted by molar-refractivity contribution is 0.102. The molecule has 2 aromatic carbocycles. The average Bonchev–Trinajstić information content (AvgIpc) is 3.58. The molecule has 0 aliphatic carbocycles. The zero-order chi connectivity index (χ0) is 25.4. The molecule has 0 fully saturated rings. The van der Waals surface area contributed by atoms with Crippen LogP contribution < -0.4 is 5.32 Å². The second kappa shape index (κ2) is 9.38. The Balaban J connectivity index is 1.57. The highest BCUT2D eigenvalue weighted by molar-refractivity contribution is 7.90. The fourth-order valence-corrected chi connectivity index (χ4v) is 5.53. The van der Waals surface area contributed by atoms with Crippen molar-refractivity contribution in [1.82, 2.24) is 19.6 Å². The number of halogens is 1. The molecule has 0 bridgehead atoms. The summed E-state index contributed by atoms with van der Waals surface area (Å²) in [7, 11) is -1.57. The van der Waals surface area contributed by atoms with Gasteiger partial charge >= 0.3 is 0 Å². The molecule has 0 aliphatic rings. The van der Waals surface area contributed by atoms with Crippen LogP contribution in [-0.2, 0) is 16.9 Å². The Kier molecular flexibility index (Phi) is 6.25. The SMILES string of the molecule is Cn1ccc(NC(=O)c2cc(-c3ccc(-c4cccc(S(C)(=O)=O)c4)s3)n(-c3ccccc3Cl)n2)n1. The van der Waals surface area contributed by atoms with Crippen LogP contribution in [0, 0.1) is 0 Å². The van der Waals surface area contributed by atoms with Crippen LogP contribution in [0.1, 0.15) is 10.5 Å². The molecular formula is C25H20ClN5O3S2. The highest BCUT2D eigenvalue weighted by Crippen LogP contribution is 2.37. The van der Waals surface area contributed by atoms with Gasteiger partial charge in [-0.2, -0.15) is 10.2 Å². The van der Waals surface area contributed by atoms with Crippen molar-refractivity contribution < 1.29 is 13.2 Å². The van der Waals surface area contributed by atoms with E-state index >= 15 is 0 Å². The summed E-state index contributed by atoms with van der Waals surface area (Å²) in [6, 6.07) is 21.3. The second-order valence-electron chi connectivity index (χ2n) is 8.07. The molecule has 5 aromatic rings. The normalized spacial score (nSPS) is 11.5. The van der Waals surface area contributed by atoms with Crippen LogP contribution in [0.2, 0.25) is 5.02 Å². The number of aromatic nitrogens is 4. The number of benzene rings is 2. The molecule has 0 atom stereocenters. The van der Waals surface area contributed by atoms with E-state index in [1.165, 1.54) is 17.6 Å². The monoisotopic (exact) mass is 537 g/mol. The van der Waals surface area contributed by atoms with Gasteiger partial charge in [-0.25, -0.2) is 13.1 Å². The first-order chi connectivity index (χ1) is 17.2. The van der Waals surface area contributed by atoms with Gasteiger partial charge < -0.3 is 5.32 Å².